The van der Waals surface area contributed by atoms with E-state index in [9.17, 15) is 4.39 Å². The van der Waals surface area contributed by atoms with E-state index in [4.69, 9.17) is 28.9 Å². The van der Waals surface area contributed by atoms with Gasteiger partial charge in [-0.25, -0.2) is 4.39 Å². The van der Waals surface area contributed by atoms with Crippen molar-refractivity contribution < 1.29 is 4.39 Å². The van der Waals surface area contributed by atoms with Crippen LogP contribution in [0.4, 0.5) is 4.39 Å². The summed E-state index contributed by atoms with van der Waals surface area (Å²) in [4.78, 5) is 2.32. The quantitative estimate of drug-likeness (QED) is 0.859. The Bertz CT molecular complexity index is 445. The molecule has 0 amide bonds. The van der Waals surface area contributed by atoms with Gasteiger partial charge in [0.2, 0.25) is 0 Å². The van der Waals surface area contributed by atoms with Crippen LogP contribution in [0.2, 0.25) is 10.0 Å². The molecule has 106 valence electrons. The van der Waals surface area contributed by atoms with Crippen molar-refractivity contribution in [3.8, 4) is 0 Å². The maximum Gasteiger partial charge on any atom is 0.142 e. The van der Waals surface area contributed by atoms with E-state index in [1.54, 1.807) is 0 Å². The van der Waals surface area contributed by atoms with Crippen LogP contribution in [0, 0.1) is 11.7 Å². The molecule has 1 aliphatic heterocycles. The van der Waals surface area contributed by atoms with Gasteiger partial charge < -0.3 is 5.73 Å². The van der Waals surface area contributed by atoms with Gasteiger partial charge in [-0.3, -0.25) is 4.90 Å². The Morgan fingerprint density at radius 3 is 2.53 bits per heavy atom. The molecule has 2 N–H and O–H groups in total. The van der Waals surface area contributed by atoms with E-state index in [-0.39, 0.29) is 11.1 Å². The Balaban J connectivity index is 2.12. The fourth-order valence-corrected chi connectivity index (χ4v) is 3.17. The molecule has 1 aliphatic rings. The summed E-state index contributed by atoms with van der Waals surface area (Å²) in [6.07, 6.45) is 2.18. The lowest BCUT2D eigenvalue weighted by atomic mass is 9.95. The predicted molar refractivity (Wildman–Crippen MR) is 78.2 cm³/mol. The molecule has 1 aromatic rings. The monoisotopic (exact) mass is 304 g/mol. The van der Waals surface area contributed by atoms with E-state index in [0.29, 0.717) is 10.9 Å². The van der Waals surface area contributed by atoms with Gasteiger partial charge in [-0.1, -0.05) is 23.2 Å². The lowest BCUT2D eigenvalue weighted by Gasteiger charge is -2.36. The van der Waals surface area contributed by atoms with Gasteiger partial charge in [0.05, 0.1) is 5.02 Å². The number of halogens is 3. The first-order valence-corrected chi connectivity index (χ1v) is 7.37. The first-order valence-electron chi connectivity index (χ1n) is 6.61. The fraction of sp³-hybridized carbons (Fsp3) is 0.571. The molecule has 0 aromatic heterocycles. The van der Waals surface area contributed by atoms with Crippen LogP contribution in [-0.4, -0.2) is 24.5 Å². The summed E-state index contributed by atoms with van der Waals surface area (Å²) >= 11 is 11.9. The Morgan fingerprint density at radius 2 is 1.95 bits per heavy atom. The van der Waals surface area contributed by atoms with Crippen LogP contribution < -0.4 is 5.73 Å². The van der Waals surface area contributed by atoms with Crippen molar-refractivity contribution in [2.24, 2.45) is 11.7 Å². The summed E-state index contributed by atoms with van der Waals surface area (Å²) in [6, 6.07) is 3.03. The molecule has 1 aromatic carbocycles. The summed E-state index contributed by atoms with van der Waals surface area (Å²) in [6.45, 7) is 4.75. The van der Waals surface area contributed by atoms with Crippen molar-refractivity contribution >= 4 is 23.2 Å². The molecule has 1 atom stereocenters. The molecule has 1 saturated heterocycles. The van der Waals surface area contributed by atoms with Gasteiger partial charge in [-0.2, -0.15) is 0 Å². The molecule has 1 fully saturated rings. The van der Waals surface area contributed by atoms with Crippen LogP contribution in [0.1, 0.15) is 31.4 Å². The highest BCUT2D eigenvalue weighted by Crippen LogP contribution is 2.33. The van der Waals surface area contributed by atoms with Crippen LogP contribution in [-0.2, 0) is 0 Å². The van der Waals surface area contributed by atoms with Crippen molar-refractivity contribution in [1.29, 1.82) is 0 Å². The highest BCUT2D eigenvalue weighted by atomic mass is 35.5. The van der Waals surface area contributed by atoms with Crippen LogP contribution in [0.5, 0.6) is 0 Å². The Hall–Kier alpha value is -0.350. The zero-order chi connectivity index (χ0) is 14.0. The zero-order valence-corrected chi connectivity index (χ0v) is 12.5. The molecule has 0 bridgehead atoms. The molecule has 1 unspecified atom stereocenters. The van der Waals surface area contributed by atoms with Gasteiger partial charge in [0.1, 0.15) is 5.82 Å². The lowest BCUT2D eigenvalue weighted by Crippen LogP contribution is -2.37. The lowest BCUT2D eigenvalue weighted by molar-refractivity contribution is 0.143. The minimum absolute atomic E-state index is 0.0720. The normalized spacial score (nSPS) is 19.6. The van der Waals surface area contributed by atoms with E-state index >= 15 is 0 Å². The molecule has 1 heterocycles. The summed E-state index contributed by atoms with van der Waals surface area (Å²) in [7, 11) is 0. The predicted octanol–water partition coefficient (Wildman–Crippen LogP) is 3.86. The standard InChI is InChI=1S/C14H19Cl2FN2/c1-9(19-4-2-10(8-18)3-5-19)11-6-14(17)13(16)7-12(11)15/h6-7,9-10H,2-5,8,18H2,1H3. The molecule has 0 spiro atoms. The third-order valence-electron chi connectivity index (χ3n) is 4.02. The third-order valence-corrected chi connectivity index (χ3v) is 4.64. The van der Waals surface area contributed by atoms with E-state index in [0.717, 1.165) is 38.0 Å². The largest absolute Gasteiger partial charge is 0.330 e. The first kappa shape index (κ1) is 15.0. The number of nitrogens with zero attached hydrogens (tertiary/aromatic N) is 1. The maximum atomic E-state index is 13.6. The van der Waals surface area contributed by atoms with Crippen LogP contribution in [0.15, 0.2) is 12.1 Å². The SMILES string of the molecule is CC(c1cc(F)c(Cl)cc1Cl)N1CCC(CN)CC1. The van der Waals surface area contributed by atoms with Crippen LogP contribution in [0.25, 0.3) is 0 Å². The Labute approximate surface area is 123 Å². The molecule has 19 heavy (non-hydrogen) atoms. The average molecular weight is 305 g/mol. The summed E-state index contributed by atoms with van der Waals surface area (Å²) in [5, 5.41) is 0.600. The first-order chi connectivity index (χ1) is 9.02. The van der Waals surface area contributed by atoms with Crippen molar-refractivity contribution in [3.63, 3.8) is 0 Å². The van der Waals surface area contributed by atoms with E-state index in [1.807, 2.05) is 0 Å². The van der Waals surface area contributed by atoms with Gasteiger partial charge in [-0.05, 0) is 63.0 Å². The number of hydrogen-bond acceptors (Lipinski definition) is 2. The molecule has 2 rings (SSSR count). The van der Waals surface area contributed by atoms with Gasteiger partial charge in [0.15, 0.2) is 0 Å². The minimum Gasteiger partial charge on any atom is -0.330 e. The molecule has 0 saturated carbocycles. The van der Waals surface area contributed by atoms with Gasteiger partial charge in [0.25, 0.3) is 0 Å². The van der Waals surface area contributed by atoms with Crippen molar-refractivity contribution in [2.75, 3.05) is 19.6 Å². The molecule has 2 nitrogen and oxygen atoms in total. The second-order valence-electron chi connectivity index (χ2n) is 5.18. The maximum absolute atomic E-state index is 13.6. The van der Waals surface area contributed by atoms with Crippen LogP contribution >= 0.6 is 23.2 Å². The molecular weight excluding hydrogens is 286 g/mol. The molecular formula is C14H19Cl2FN2. The topological polar surface area (TPSA) is 29.3 Å². The summed E-state index contributed by atoms with van der Waals surface area (Å²) < 4.78 is 13.6. The summed E-state index contributed by atoms with van der Waals surface area (Å²) in [5.74, 6) is 0.200. The van der Waals surface area contributed by atoms with Crippen molar-refractivity contribution in [1.82, 2.24) is 4.90 Å². The van der Waals surface area contributed by atoms with Crippen molar-refractivity contribution in [3.05, 3.63) is 33.6 Å². The average Bonchev–Trinajstić information content (AvgIpc) is 2.42. The number of likely N-dealkylation sites (tertiary alicyclic amines) is 1. The fourth-order valence-electron chi connectivity index (χ4n) is 2.63. The highest BCUT2D eigenvalue weighted by Gasteiger charge is 2.24. The number of piperidine rings is 1. The van der Waals surface area contributed by atoms with E-state index in [2.05, 4.69) is 11.8 Å². The van der Waals surface area contributed by atoms with Gasteiger partial charge in [0, 0.05) is 11.1 Å². The minimum atomic E-state index is -0.412. The number of benzene rings is 1. The number of nitrogens with two attached hydrogens (primary N) is 1. The zero-order valence-electron chi connectivity index (χ0n) is 11.0. The molecule has 5 heteroatoms. The van der Waals surface area contributed by atoms with Gasteiger partial charge >= 0.3 is 0 Å². The van der Waals surface area contributed by atoms with E-state index < -0.39 is 5.82 Å². The summed E-state index contributed by atoms with van der Waals surface area (Å²) in [5.41, 5.74) is 6.49. The second kappa shape index (κ2) is 6.40. The number of rotatable bonds is 3. The van der Waals surface area contributed by atoms with E-state index in [1.165, 1.54) is 12.1 Å². The molecule has 0 aliphatic carbocycles. The Morgan fingerprint density at radius 1 is 1.32 bits per heavy atom. The van der Waals surface area contributed by atoms with Crippen LogP contribution in [0.3, 0.4) is 0 Å². The third kappa shape index (κ3) is 3.40. The second-order valence-corrected chi connectivity index (χ2v) is 5.99. The Kier molecular flexibility index (Phi) is 5.07. The van der Waals surface area contributed by atoms with Crippen molar-refractivity contribution in [2.45, 2.75) is 25.8 Å². The smallest absolute Gasteiger partial charge is 0.142 e. The van der Waals surface area contributed by atoms with Gasteiger partial charge in [-0.15, -0.1) is 0 Å². The number of hydrogen-bond donors (Lipinski definition) is 1. The highest BCUT2D eigenvalue weighted by molar-refractivity contribution is 6.35. The molecule has 0 radical (unpaired) electrons.